The first-order valence-corrected chi connectivity index (χ1v) is 4.73. The summed E-state index contributed by atoms with van der Waals surface area (Å²) in [5.74, 6) is 0.692. The second kappa shape index (κ2) is 2.88. The molecule has 4 heteroatoms. The summed E-state index contributed by atoms with van der Waals surface area (Å²) in [4.78, 5) is 4.33. The van der Waals surface area contributed by atoms with Crippen molar-refractivity contribution in [3.05, 3.63) is 17.1 Å². The minimum absolute atomic E-state index is 0.629. The minimum Gasteiger partial charge on any atom is -0.495 e. The highest BCUT2D eigenvalue weighted by Crippen LogP contribution is 2.32. The molecule has 2 N–H and O–H groups in total. The maximum absolute atomic E-state index is 5.86. The predicted molar refractivity (Wildman–Crippen MR) is 55.3 cm³/mol. The molecule has 1 aromatic carbocycles. The van der Waals surface area contributed by atoms with Crippen LogP contribution in [-0.2, 0) is 0 Å². The zero-order chi connectivity index (χ0) is 9.42. The molecular formula is C9H10N2OS. The van der Waals surface area contributed by atoms with E-state index in [4.69, 9.17) is 10.5 Å². The number of methoxy groups -OCH3 is 1. The first-order chi connectivity index (χ1) is 6.22. The van der Waals surface area contributed by atoms with Crippen LogP contribution in [0.3, 0.4) is 0 Å². The number of hydrogen-bond donors (Lipinski definition) is 1. The highest BCUT2D eigenvalue weighted by Gasteiger charge is 2.07. The molecule has 0 unspecified atom stereocenters. The summed E-state index contributed by atoms with van der Waals surface area (Å²) in [5, 5.41) is 1.02. The minimum atomic E-state index is 0.629. The van der Waals surface area contributed by atoms with Gasteiger partial charge in [-0.3, -0.25) is 0 Å². The molecule has 2 rings (SSSR count). The molecule has 0 radical (unpaired) electrons. The molecule has 0 amide bonds. The highest BCUT2D eigenvalue weighted by molar-refractivity contribution is 7.18. The van der Waals surface area contributed by atoms with Crippen LogP contribution >= 0.6 is 11.3 Å². The fourth-order valence-corrected chi connectivity index (χ4v) is 2.13. The third-order valence-electron chi connectivity index (χ3n) is 1.89. The number of aryl methyl sites for hydroxylation is 1. The van der Waals surface area contributed by atoms with E-state index in [1.807, 2.05) is 19.1 Å². The van der Waals surface area contributed by atoms with Crippen molar-refractivity contribution in [2.45, 2.75) is 6.92 Å². The molecule has 0 spiro atoms. The first-order valence-electron chi connectivity index (χ1n) is 3.92. The Morgan fingerprint density at radius 2 is 2.23 bits per heavy atom. The summed E-state index contributed by atoms with van der Waals surface area (Å²) in [5.41, 5.74) is 7.34. The van der Waals surface area contributed by atoms with Crippen molar-refractivity contribution in [2.24, 2.45) is 0 Å². The van der Waals surface area contributed by atoms with Crippen molar-refractivity contribution >= 4 is 27.2 Å². The van der Waals surface area contributed by atoms with Crippen molar-refractivity contribution in [2.75, 3.05) is 12.8 Å². The molecule has 3 nitrogen and oxygen atoms in total. The maximum Gasteiger partial charge on any atom is 0.144 e. The number of aromatic nitrogens is 1. The molecule has 0 fully saturated rings. The Hall–Kier alpha value is -1.29. The lowest BCUT2D eigenvalue weighted by atomic mass is 10.3. The van der Waals surface area contributed by atoms with Crippen LogP contribution in [0.4, 0.5) is 5.69 Å². The summed E-state index contributed by atoms with van der Waals surface area (Å²) in [7, 11) is 1.61. The van der Waals surface area contributed by atoms with E-state index in [2.05, 4.69) is 4.98 Å². The van der Waals surface area contributed by atoms with Gasteiger partial charge in [0.1, 0.15) is 17.0 Å². The standard InChI is InChI=1S/C9H10N2OS/c1-5-11-9-7(13-5)4-3-6(12-2)8(9)10/h3-4H,10H2,1-2H3. The van der Waals surface area contributed by atoms with Gasteiger partial charge in [-0.2, -0.15) is 0 Å². The Morgan fingerprint density at radius 1 is 1.46 bits per heavy atom. The number of rotatable bonds is 1. The van der Waals surface area contributed by atoms with Crippen LogP contribution in [0.5, 0.6) is 5.75 Å². The Bertz CT molecular complexity index is 450. The van der Waals surface area contributed by atoms with E-state index in [9.17, 15) is 0 Å². The second-order valence-electron chi connectivity index (χ2n) is 2.76. The molecule has 0 saturated heterocycles. The smallest absolute Gasteiger partial charge is 0.144 e. The Kier molecular flexibility index (Phi) is 1.84. The molecule has 0 aliphatic carbocycles. The third-order valence-corrected chi connectivity index (χ3v) is 2.82. The Labute approximate surface area is 80.2 Å². The molecule has 0 bridgehead atoms. The van der Waals surface area contributed by atoms with E-state index in [0.29, 0.717) is 11.4 Å². The van der Waals surface area contributed by atoms with Crippen LogP contribution in [0, 0.1) is 6.92 Å². The van der Waals surface area contributed by atoms with Crippen molar-refractivity contribution in [3.8, 4) is 5.75 Å². The molecule has 0 saturated carbocycles. The van der Waals surface area contributed by atoms with Crippen molar-refractivity contribution in [1.82, 2.24) is 4.98 Å². The van der Waals surface area contributed by atoms with E-state index in [1.54, 1.807) is 18.4 Å². The van der Waals surface area contributed by atoms with Gasteiger partial charge >= 0.3 is 0 Å². The van der Waals surface area contributed by atoms with Crippen LogP contribution in [0.25, 0.3) is 10.2 Å². The number of benzene rings is 1. The number of anilines is 1. The van der Waals surface area contributed by atoms with E-state index < -0.39 is 0 Å². The van der Waals surface area contributed by atoms with Gasteiger partial charge in [0.15, 0.2) is 0 Å². The average Bonchev–Trinajstić information content (AvgIpc) is 2.47. The van der Waals surface area contributed by atoms with Crippen LogP contribution in [-0.4, -0.2) is 12.1 Å². The lowest BCUT2D eigenvalue weighted by Gasteiger charge is -2.02. The number of nitrogens with zero attached hydrogens (tertiary/aromatic N) is 1. The van der Waals surface area contributed by atoms with Crippen LogP contribution in [0.15, 0.2) is 12.1 Å². The van der Waals surface area contributed by atoms with Gasteiger partial charge < -0.3 is 10.5 Å². The molecule has 1 heterocycles. The van der Waals surface area contributed by atoms with Crippen LogP contribution < -0.4 is 10.5 Å². The lowest BCUT2D eigenvalue weighted by Crippen LogP contribution is -1.92. The maximum atomic E-state index is 5.86. The average molecular weight is 194 g/mol. The normalized spacial score (nSPS) is 10.6. The van der Waals surface area contributed by atoms with Gasteiger partial charge in [-0.25, -0.2) is 4.98 Å². The predicted octanol–water partition coefficient (Wildman–Crippen LogP) is 2.20. The topological polar surface area (TPSA) is 48.1 Å². The van der Waals surface area contributed by atoms with Crippen molar-refractivity contribution in [3.63, 3.8) is 0 Å². The lowest BCUT2D eigenvalue weighted by molar-refractivity contribution is 0.417. The fraction of sp³-hybridized carbons (Fsp3) is 0.222. The quantitative estimate of drug-likeness (QED) is 0.708. The number of thiazole rings is 1. The number of nitrogens with two attached hydrogens (primary N) is 1. The molecule has 2 aromatic rings. The van der Waals surface area contributed by atoms with Crippen molar-refractivity contribution in [1.29, 1.82) is 0 Å². The molecule has 0 aliphatic rings. The largest absolute Gasteiger partial charge is 0.495 e. The molecule has 0 aliphatic heterocycles. The van der Waals surface area contributed by atoms with Crippen LogP contribution in [0.1, 0.15) is 5.01 Å². The summed E-state index contributed by atoms with van der Waals surface area (Å²) in [6.07, 6.45) is 0. The summed E-state index contributed by atoms with van der Waals surface area (Å²) in [6, 6.07) is 3.85. The number of nitrogen functional groups attached to an aromatic ring is 1. The van der Waals surface area contributed by atoms with E-state index in [1.165, 1.54) is 0 Å². The molecule has 0 atom stereocenters. The zero-order valence-electron chi connectivity index (χ0n) is 7.50. The summed E-state index contributed by atoms with van der Waals surface area (Å²) >= 11 is 1.64. The monoisotopic (exact) mass is 194 g/mol. The van der Waals surface area contributed by atoms with E-state index >= 15 is 0 Å². The number of fused-ring (bicyclic) bond motifs is 1. The highest BCUT2D eigenvalue weighted by atomic mass is 32.1. The number of hydrogen-bond acceptors (Lipinski definition) is 4. The molecule has 68 valence electrons. The van der Waals surface area contributed by atoms with Gasteiger partial charge in [-0.15, -0.1) is 11.3 Å². The first kappa shape index (κ1) is 8.31. The van der Waals surface area contributed by atoms with E-state index in [-0.39, 0.29) is 0 Å². The van der Waals surface area contributed by atoms with Gasteiger partial charge in [0.2, 0.25) is 0 Å². The third kappa shape index (κ3) is 1.23. The van der Waals surface area contributed by atoms with Gasteiger partial charge in [-0.1, -0.05) is 0 Å². The second-order valence-corrected chi connectivity index (χ2v) is 4.00. The number of ether oxygens (including phenoxy) is 1. The summed E-state index contributed by atoms with van der Waals surface area (Å²) < 4.78 is 6.21. The molecule has 13 heavy (non-hydrogen) atoms. The zero-order valence-corrected chi connectivity index (χ0v) is 8.31. The Morgan fingerprint density at radius 3 is 2.92 bits per heavy atom. The summed E-state index contributed by atoms with van der Waals surface area (Å²) in [6.45, 7) is 1.97. The molecule has 1 aromatic heterocycles. The van der Waals surface area contributed by atoms with Gasteiger partial charge in [0, 0.05) is 0 Å². The molecular weight excluding hydrogens is 184 g/mol. The van der Waals surface area contributed by atoms with Crippen molar-refractivity contribution < 1.29 is 4.74 Å². The SMILES string of the molecule is COc1ccc2sc(C)nc2c1N. The van der Waals surface area contributed by atoms with E-state index in [0.717, 1.165) is 15.2 Å². The fourth-order valence-electron chi connectivity index (χ4n) is 1.28. The van der Waals surface area contributed by atoms with Crippen LogP contribution in [0.2, 0.25) is 0 Å². The Balaban J connectivity index is 2.78. The van der Waals surface area contributed by atoms with Gasteiger partial charge in [-0.05, 0) is 19.1 Å². The van der Waals surface area contributed by atoms with Gasteiger partial charge in [0.05, 0.1) is 16.8 Å². The van der Waals surface area contributed by atoms with Gasteiger partial charge in [0.25, 0.3) is 0 Å².